The van der Waals surface area contributed by atoms with E-state index in [-0.39, 0.29) is 0 Å². The zero-order valence-corrected chi connectivity index (χ0v) is 15.3. The van der Waals surface area contributed by atoms with Gasteiger partial charge < -0.3 is 0 Å². The van der Waals surface area contributed by atoms with Gasteiger partial charge in [-0.1, -0.05) is 78.3 Å². The maximum atomic E-state index is 2.37. The van der Waals surface area contributed by atoms with Crippen LogP contribution in [0.4, 0.5) is 0 Å². The highest BCUT2D eigenvalue weighted by atomic mass is 14.0. The van der Waals surface area contributed by atoms with Gasteiger partial charge in [0.1, 0.15) is 0 Å². The lowest BCUT2D eigenvalue weighted by atomic mass is 8.75. The van der Waals surface area contributed by atoms with Gasteiger partial charge in [0, 0.05) is 27.6 Å². The van der Waals surface area contributed by atoms with Crippen molar-refractivity contribution >= 4 is 49.1 Å². The van der Waals surface area contributed by atoms with Gasteiger partial charge in [0.15, 0.2) is 0 Å². The zero-order chi connectivity index (χ0) is 15.3. The maximum Gasteiger partial charge on any atom is 0.0840 e. The Morgan fingerprint density at radius 1 is 0.474 bits per heavy atom. The van der Waals surface area contributed by atoms with Crippen molar-refractivity contribution in [1.82, 2.24) is 0 Å². The highest BCUT2D eigenvalue weighted by Crippen LogP contribution is 2.22. The fraction of sp³-hybridized carbons (Fsp3) is 1.00. The molecule has 0 radical (unpaired) electrons. The van der Waals surface area contributed by atoms with E-state index in [2.05, 4.69) is 62.3 Å². The van der Waals surface area contributed by atoms with Gasteiger partial charge in [-0.25, -0.2) is 0 Å². The predicted molar refractivity (Wildman–Crippen MR) is 108 cm³/mol. The Hall–Kier alpha value is 0.455. The minimum absolute atomic E-state index is 0.488. The van der Waals surface area contributed by atoms with Crippen molar-refractivity contribution in [3.8, 4) is 0 Å². The van der Waals surface area contributed by atoms with Gasteiger partial charge in [-0.15, -0.1) is 0 Å². The molecule has 0 heterocycles. The van der Waals surface area contributed by atoms with Crippen LogP contribution in [0, 0.1) is 0 Å². The molecular formula is C12H33B7. The molecule has 0 atom stereocenters. The number of hydrogen-bond acceptors (Lipinski definition) is 0. The second-order valence-electron chi connectivity index (χ2n) is 10.2. The summed E-state index contributed by atoms with van der Waals surface area (Å²) in [5, 5.41) is 1.46. The minimum Gasteiger partial charge on any atom is -0.0711 e. The fourth-order valence-corrected chi connectivity index (χ4v) is 2.34. The molecule has 7 heteroatoms. The Bertz CT molecular complexity index is 203. The lowest BCUT2D eigenvalue weighted by molar-refractivity contribution is 0.762. The van der Waals surface area contributed by atoms with E-state index in [0.29, 0.717) is 15.9 Å². The average Bonchev–Trinajstić information content (AvgIpc) is 2.11. The lowest BCUT2D eigenvalue weighted by Crippen LogP contribution is -2.49. The normalized spacial score (nSPS) is 12.5. The fourth-order valence-electron chi connectivity index (χ4n) is 2.34. The Balaban J connectivity index is 4.30. The summed E-state index contributed by atoms with van der Waals surface area (Å²) in [6.45, 7) is 21.4. The summed E-state index contributed by atoms with van der Waals surface area (Å²) in [6, 6.07) is 0. The van der Waals surface area contributed by atoms with Gasteiger partial charge in [-0.2, -0.15) is 0 Å². The highest BCUT2D eigenvalue weighted by Gasteiger charge is 2.26. The van der Waals surface area contributed by atoms with Crippen LogP contribution in [0.3, 0.4) is 0 Å². The number of rotatable bonds is 6. The van der Waals surface area contributed by atoms with E-state index in [1.807, 2.05) is 0 Å². The second-order valence-corrected chi connectivity index (χ2v) is 10.2. The summed E-state index contributed by atoms with van der Waals surface area (Å²) in [5.74, 6) is 0. The third-order valence-corrected chi connectivity index (χ3v) is 3.91. The van der Waals surface area contributed by atoms with Crippen LogP contribution in [0.25, 0.3) is 0 Å². The average molecular weight is 253 g/mol. The van der Waals surface area contributed by atoms with Crippen molar-refractivity contribution < 1.29 is 0 Å². The predicted octanol–water partition coefficient (Wildman–Crippen LogP) is 0.990. The monoisotopic (exact) mass is 254 g/mol. The van der Waals surface area contributed by atoms with Gasteiger partial charge in [0.05, 0.1) is 21.5 Å². The summed E-state index contributed by atoms with van der Waals surface area (Å²) in [7, 11) is 8.34. The molecule has 102 valence electrons. The van der Waals surface area contributed by atoms with E-state index in [4.69, 9.17) is 0 Å². The second kappa shape index (κ2) is 7.46. The number of hydrogen-bond donors (Lipinski definition) is 0. The molecule has 0 aromatic rings. The minimum atomic E-state index is 0.488. The molecule has 0 fully saturated rings. The Morgan fingerprint density at radius 3 is 0.842 bits per heavy atom. The molecule has 0 saturated carbocycles. The third kappa shape index (κ3) is 14.7. The van der Waals surface area contributed by atoms with Gasteiger partial charge in [-0.3, -0.25) is 0 Å². The molecule has 0 nitrogen and oxygen atoms in total. The molecule has 0 rings (SSSR count). The van der Waals surface area contributed by atoms with Crippen molar-refractivity contribution in [2.75, 3.05) is 0 Å². The van der Waals surface area contributed by atoms with E-state index in [1.54, 1.807) is 0 Å². The standard InChI is InChI=1S/C12H33B7/c1-10(2,3)13-16-19(17-14-11(4,5)6)18-15-12(7,8)9/h13-18H,1-9H3. The molecule has 0 aromatic heterocycles. The topological polar surface area (TPSA) is 0 Å². The highest BCUT2D eigenvalue weighted by molar-refractivity contribution is 7.79. The smallest absolute Gasteiger partial charge is 0.0711 e. The Labute approximate surface area is 127 Å². The molecule has 0 saturated heterocycles. The quantitative estimate of drug-likeness (QED) is 0.619. The molecular weight excluding hydrogens is 220 g/mol. The first kappa shape index (κ1) is 19.5. The van der Waals surface area contributed by atoms with Gasteiger partial charge >= 0.3 is 0 Å². The SMILES string of the molecule is CC(C)(C)BBB(BBC(C)(C)C)BBC(C)(C)C. The van der Waals surface area contributed by atoms with Crippen molar-refractivity contribution in [2.45, 2.75) is 78.3 Å². The van der Waals surface area contributed by atoms with Crippen LogP contribution in [-0.2, 0) is 0 Å². The van der Waals surface area contributed by atoms with Crippen LogP contribution >= 0.6 is 0 Å². The van der Waals surface area contributed by atoms with E-state index < -0.39 is 0 Å². The summed E-state index contributed by atoms with van der Waals surface area (Å²) < 4.78 is 0. The van der Waals surface area contributed by atoms with Crippen LogP contribution in [-0.4, -0.2) is 49.1 Å². The first-order valence-electron chi connectivity index (χ1n) is 8.29. The molecule has 0 aliphatic rings. The van der Waals surface area contributed by atoms with Crippen molar-refractivity contribution in [2.24, 2.45) is 0 Å². The summed E-state index contributed by atoms with van der Waals surface area (Å²) >= 11 is 0. The molecule has 0 aliphatic carbocycles. The molecule has 0 spiro atoms. The molecule has 0 bridgehead atoms. The van der Waals surface area contributed by atoms with E-state index in [0.717, 1.165) is 6.39 Å². The van der Waals surface area contributed by atoms with Crippen LogP contribution in [0.5, 0.6) is 0 Å². The van der Waals surface area contributed by atoms with Crippen LogP contribution < -0.4 is 0 Å². The van der Waals surface area contributed by atoms with E-state index in [9.17, 15) is 0 Å². The molecule has 0 amide bonds. The van der Waals surface area contributed by atoms with E-state index >= 15 is 0 Å². The van der Waals surface area contributed by atoms with Crippen molar-refractivity contribution in [1.29, 1.82) is 0 Å². The molecule has 0 N–H and O–H groups in total. The van der Waals surface area contributed by atoms with E-state index in [1.165, 1.54) is 42.7 Å². The summed E-state index contributed by atoms with van der Waals surface area (Å²) in [6.07, 6.45) is 0.928. The largest absolute Gasteiger partial charge is 0.0840 e. The maximum absolute atomic E-state index is 2.37. The molecule has 0 aliphatic heterocycles. The van der Waals surface area contributed by atoms with Crippen LogP contribution in [0.2, 0.25) is 15.9 Å². The van der Waals surface area contributed by atoms with Gasteiger partial charge in [0.25, 0.3) is 0 Å². The molecule has 19 heavy (non-hydrogen) atoms. The van der Waals surface area contributed by atoms with Gasteiger partial charge in [0.2, 0.25) is 0 Å². The van der Waals surface area contributed by atoms with Gasteiger partial charge in [-0.05, 0) is 0 Å². The lowest BCUT2D eigenvalue weighted by Gasteiger charge is -2.24. The molecule has 0 aromatic carbocycles. The summed E-state index contributed by atoms with van der Waals surface area (Å²) in [4.78, 5) is 0. The first-order chi connectivity index (χ1) is 8.29. The Kier molecular flexibility index (Phi) is 7.64. The zero-order valence-electron chi connectivity index (χ0n) is 15.3. The Morgan fingerprint density at radius 2 is 0.684 bits per heavy atom. The van der Waals surface area contributed by atoms with Crippen molar-refractivity contribution in [3.05, 3.63) is 0 Å². The first-order valence-corrected chi connectivity index (χ1v) is 8.29. The third-order valence-electron chi connectivity index (χ3n) is 3.91. The summed E-state index contributed by atoms with van der Waals surface area (Å²) in [5.41, 5.74) is 0. The van der Waals surface area contributed by atoms with Crippen LogP contribution in [0.15, 0.2) is 0 Å². The van der Waals surface area contributed by atoms with Crippen LogP contribution in [0.1, 0.15) is 62.3 Å². The molecule has 0 unspecified atom stereocenters. The van der Waals surface area contributed by atoms with Crippen molar-refractivity contribution in [3.63, 3.8) is 0 Å².